The van der Waals surface area contributed by atoms with Crippen LogP contribution in [0.5, 0.6) is 5.88 Å². The molecule has 0 amide bonds. The van der Waals surface area contributed by atoms with Gasteiger partial charge in [0.25, 0.3) is 0 Å². The topological polar surface area (TPSA) is 35.0 Å². The van der Waals surface area contributed by atoms with Crippen molar-refractivity contribution < 1.29 is 17.9 Å². The van der Waals surface area contributed by atoms with Crippen molar-refractivity contribution in [1.82, 2.24) is 9.97 Å². The lowest BCUT2D eigenvalue weighted by molar-refractivity contribution is -0.154. The maximum absolute atomic E-state index is 11.9. The Hall–Kier alpha value is -1.04. The van der Waals surface area contributed by atoms with Crippen LogP contribution in [-0.4, -0.2) is 22.8 Å². The minimum atomic E-state index is -4.39. The molecule has 1 rings (SSSR count). The Morgan fingerprint density at radius 1 is 1.38 bits per heavy atom. The van der Waals surface area contributed by atoms with Crippen molar-refractivity contribution in [2.45, 2.75) is 25.9 Å². The van der Waals surface area contributed by atoms with E-state index in [-0.39, 0.29) is 11.0 Å². The normalized spacial score (nSPS) is 11.6. The van der Waals surface area contributed by atoms with Gasteiger partial charge in [-0.25, -0.2) is 4.98 Å². The first-order chi connectivity index (χ1) is 7.40. The molecular formula is C9H10ClF3N2O. The molecule has 0 aliphatic heterocycles. The third-order valence-corrected chi connectivity index (χ3v) is 1.77. The average molecular weight is 255 g/mol. The average Bonchev–Trinajstić information content (AvgIpc) is 2.13. The summed E-state index contributed by atoms with van der Waals surface area (Å²) in [6, 6.07) is 1.16. The van der Waals surface area contributed by atoms with Crippen LogP contribution in [0.1, 0.15) is 19.2 Å². The van der Waals surface area contributed by atoms with Crippen LogP contribution in [0, 0.1) is 0 Å². The Balaban J connectivity index is 2.72. The van der Waals surface area contributed by atoms with E-state index in [1.54, 1.807) is 0 Å². The Morgan fingerprint density at radius 2 is 2.06 bits per heavy atom. The maximum Gasteiger partial charge on any atom is 0.422 e. The molecule has 0 aliphatic rings. The second-order valence-electron chi connectivity index (χ2n) is 3.10. The Labute approximate surface area is 95.6 Å². The summed E-state index contributed by atoms with van der Waals surface area (Å²) in [5.74, 6) is 0.230. The van der Waals surface area contributed by atoms with Crippen LogP contribution in [0.25, 0.3) is 0 Å². The highest BCUT2D eigenvalue weighted by Crippen LogP contribution is 2.19. The predicted molar refractivity (Wildman–Crippen MR) is 52.6 cm³/mol. The number of aromatic nitrogens is 2. The SMILES string of the molecule is CCCc1nc(Cl)cc(OCC(F)(F)F)n1. The lowest BCUT2D eigenvalue weighted by Crippen LogP contribution is -2.20. The lowest BCUT2D eigenvalue weighted by atomic mass is 10.3. The molecule has 0 unspecified atom stereocenters. The summed E-state index contributed by atoms with van der Waals surface area (Å²) in [4.78, 5) is 7.67. The molecule has 3 nitrogen and oxygen atoms in total. The van der Waals surface area contributed by atoms with Crippen molar-refractivity contribution in [3.63, 3.8) is 0 Å². The Morgan fingerprint density at radius 3 is 2.62 bits per heavy atom. The summed E-state index contributed by atoms with van der Waals surface area (Å²) in [6.07, 6.45) is -3.07. The van der Waals surface area contributed by atoms with E-state index in [2.05, 4.69) is 14.7 Å². The monoisotopic (exact) mass is 254 g/mol. The van der Waals surface area contributed by atoms with Gasteiger partial charge in [-0.3, -0.25) is 0 Å². The minimum absolute atomic E-state index is 0.0793. The van der Waals surface area contributed by atoms with Gasteiger partial charge in [-0.2, -0.15) is 18.2 Å². The quantitative estimate of drug-likeness (QED) is 0.775. The van der Waals surface area contributed by atoms with Crippen molar-refractivity contribution in [1.29, 1.82) is 0 Å². The van der Waals surface area contributed by atoms with Gasteiger partial charge in [0.05, 0.1) is 0 Å². The van der Waals surface area contributed by atoms with Gasteiger partial charge in [0.15, 0.2) is 6.61 Å². The largest absolute Gasteiger partial charge is 0.468 e. The summed E-state index contributed by atoms with van der Waals surface area (Å²) in [5.41, 5.74) is 0. The number of hydrogen-bond donors (Lipinski definition) is 0. The van der Waals surface area contributed by atoms with Crippen LogP contribution in [0.2, 0.25) is 5.15 Å². The highest BCUT2D eigenvalue weighted by molar-refractivity contribution is 6.29. The highest BCUT2D eigenvalue weighted by atomic mass is 35.5. The summed E-state index contributed by atoms with van der Waals surface area (Å²) < 4.78 is 40.1. The van der Waals surface area contributed by atoms with E-state index in [1.807, 2.05) is 6.92 Å². The van der Waals surface area contributed by atoms with E-state index in [1.165, 1.54) is 0 Å². The van der Waals surface area contributed by atoms with E-state index in [0.717, 1.165) is 12.5 Å². The summed E-state index contributed by atoms with van der Waals surface area (Å²) >= 11 is 5.62. The summed E-state index contributed by atoms with van der Waals surface area (Å²) in [5, 5.41) is 0.0793. The van der Waals surface area contributed by atoms with Crippen LogP contribution in [0.4, 0.5) is 13.2 Å². The number of alkyl halides is 3. The van der Waals surface area contributed by atoms with E-state index in [9.17, 15) is 13.2 Å². The first-order valence-corrected chi connectivity index (χ1v) is 5.01. The summed E-state index contributed by atoms with van der Waals surface area (Å²) in [7, 11) is 0. The molecule has 0 saturated heterocycles. The molecule has 1 aromatic heterocycles. The number of hydrogen-bond acceptors (Lipinski definition) is 3. The van der Waals surface area contributed by atoms with Gasteiger partial charge in [-0.05, 0) is 6.42 Å². The molecular weight excluding hydrogens is 245 g/mol. The number of rotatable bonds is 4. The molecule has 90 valence electrons. The van der Waals surface area contributed by atoms with Crippen molar-refractivity contribution in [3.8, 4) is 5.88 Å². The highest BCUT2D eigenvalue weighted by Gasteiger charge is 2.28. The van der Waals surface area contributed by atoms with Gasteiger partial charge in [0.2, 0.25) is 5.88 Å². The third kappa shape index (κ3) is 4.65. The molecule has 16 heavy (non-hydrogen) atoms. The first kappa shape index (κ1) is 13.0. The van der Waals surface area contributed by atoms with E-state index in [4.69, 9.17) is 11.6 Å². The lowest BCUT2D eigenvalue weighted by Gasteiger charge is -2.09. The molecule has 0 aromatic carbocycles. The zero-order valence-corrected chi connectivity index (χ0v) is 9.27. The number of nitrogens with zero attached hydrogens (tertiary/aromatic N) is 2. The molecule has 0 atom stereocenters. The zero-order valence-electron chi connectivity index (χ0n) is 8.51. The Bertz CT molecular complexity index is 357. The predicted octanol–water partition coefficient (Wildman–Crippen LogP) is 3.02. The molecule has 0 saturated carbocycles. The molecule has 0 N–H and O–H groups in total. The molecule has 0 spiro atoms. The fraction of sp³-hybridized carbons (Fsp3) is 0.556. The molecule has 7 heteroatoms. The van der Waals surface area contributed by atoms with E-state index in [0.29, 0.717) is 12.2 Å². The first-order valence-electron chi connectivity index (χ1n) is 4.63. The van der Waals surface area contributed by atoms with Gasteiger partial charge in [0, 0.05) is 12.5 Å². The van der Waals surface area contributed by atoms with Crippen LogP contribution in [0.15, 0.2) is 6.07 Å². The molecule has 0 bridgehead atoms. The van der Waals surface area contributed by atoms with Gasteiger partial charge >= 0.3 is 6.18 Å². The van der Waals surface area contributed by atoms with Crippen molar-refractivity contribution in [2.75, 3.05) is 6.61 Å². The zero-order chi connectivity index (χ0) is 12.2. The van der Waals surface area contributed by atoms with Crippen LogP contribution in [-0.2, 0) is 6.42 Å². The van der Waals surface area contributed by atoms with Gasteiger partial charge in [-0.1, -0.05) is 18.5 Å². The van der Waals surface area contributed by atoms with E-state index >= 15 is 0 Å². The number of halogens is 4. The van der Waals surface area contributed by atoms with Gasteiger partial charge in [-0.15, -0.1) is 0 Å². The third-order valence-electron chi connectivity index (χ3n) is 1.58. The fourth-order valence-electron chi connectivity index (χ4n) is 1.01. The number of ether oxygens (including phenoxy) is 1. The molecule has 0 aliphatic carbocycles. The minimum Gasteiger partial charge on any atom is -0.468 e. The van der Waals surface area contributed by atoms with Crippen molar-refractivity contribution in [3.05, 3.63) is 17.0 Å². The number of aryl methyl sites for hydroxylation is 1. The molecule has 1 heterocycles. The smallest absolute Gasteiger partial charge is 0.422 e. The second-order valence-corrected chi connectivity index (χ2v) is 3.49. The maximum atomic E-state index is 11.9. The van der Waals surface area contributed by atoms with Crippen molar-refractivity contribution >= 4 is 11.6 Å². The van der Waals surface area contributed by atoms with Gasteiger partial charge < -0.3 is 4.74 Å². The van der Waals surface area contributed by atoms with Gasteiger partial charge in [0.1, 0.15) is 11.0 Å². The van der Waals surface area contributed by atoms with Crippen LogP contribution >= 0.6 is 11.6 Å². The van der Waals surface area contributed by atoms with Crippen LogP contribution in [0.3, 0.4) is 0 Å². The molecule has 0 radical (unpaired) electrons. The molecule has 1 aromatic rings. The van der Waals surface area contributed by atoms with E-state index < -0.39 is 12.8 Å². The molecule has 0 fully saturated rings. The Kier molecular flexibility index (Phi) is 4.35. The van der Waals surface area contributed by atoms with Crippen molar-refractivity contribution in [2.24, 2.45) is 0 Å². The second kappa shape index (κ2) is 5.34. The summed E-state index contributed by atoms with van der Waals surface area (Å²) in [6.45, 7) is 0.520. The van der Waals surface area contributed by atoms with Crippen LogP contribution < -0.4 is 4.74 Å². The standard InChI is InChI=1S/C9H10ClF3N2O/c1-2-3-7-14-6(10)4-8(15-7)16-5-9(11,12)13/h4H,2-3,5H2,1H3. The fourth-order valence-corrected chi connectivity index (χ4v) is 1.20.